The SMILES string of the molecule is [NH]OC1CC2CCC1C2. The van der Waals surface area contributed by atoms with Crippen LogP contribution >= 0.6 is 0 Å². The Kier molecular flexibility index (Phi) is 1.24. The predicted octanol–water partition coefficient (Wildman–Crippen LogP) is 1.39. The summed E-state index contributed by atoms with van der Waals surface area (Å²) >= 11 is 0. The minimum absolute atomic E-state index is 0.295. The Morgan fingerprint density at radius 3 is 2.44 bits per heavy atom. The molecule has 2 aliphatic carbocycles. The monoisotopic (exact) mass is 126 g/mol. The highest BCUT2D eigenvalue weighted by Crippen LogP contribution is 2.45. The second-order valence-electron chi connectivity index (χ2n) is 3.33. The molecule has 3 atom stereocenters. The molecule has 2 saturated carbocycles. The smallest absolute Gasteiger partial charge is 0.0838 e. The summed E-state index contributed by atoms with van der Waals surface area (Å²) in [5, 5.41) is 0. The first-order valence-corrected chi connectivity index (χ1v) is 3.72. The van der Waals surface area contributed by atoms with E-state index >= 15 is 0 Å². The maximum atomic E-state index is 6.75. The Balaban J connectivity index is 2.01. The van der Waals surface area contributed by atoms with Gasteiger partial charge in [-0.3, -0.25) is 4.84 Å². The number of hydrogen-bond donors (Lipinski definition) is 0. The van der Waals surface area contributed by atoms with Crippen LogP contribution in [0.5, 0.6) is 0 Å². The molecule has 2 aliphatic rings. The van der Waals surface area contributed by atoms with Crippen molar-refractivity contribution in [2.45, 2.75) is 31.8 Å². The third-order valence-electron chi connectivity index (χ3n) is 2.82. The number of rotatable bonds is 1. The third-order valence-corrected chi connectivity index (χ3v) is 2.82. The first-order valence-electron chi connectivity index (χ1n) is 3.72. The van der Waals surface area contributed by atoms with Crippen molar-refractivity contribution in [3.8, 4) is 0 Å². The summed E-state index contributed by atoms with van der Waals surface area (Å²) in [6, 6.07) is 0. The van der Waals surface area contributed by atoms with E-state index in [1.54, 1.807) is 0 Å². The molecule has 2 fully saturated rings. The van der Waals surface area contributed by atoms with E-state index in [4.69, 9.17) is 5.90 Å². The molecular formula is C7H12NO. The molecule has 0 saturated heterocycles. The van der Waals surface area contributed by atoms with E-state index in [1.165, 1.54) is 19.3 Å². The molecule has 0 aromatic carbocycles. The lowest BCUT2D eigenvalue weighted by Crippen LogP contribution is -2.19. The van der Waals surface area contributed by atoms with E-state index in [0.29, 0.717) is 6.10 Å². The van der Waals surface area contributed by atoms with Gasteiger partial charge in [-0.2, -0.15) is 0 Å². The van der Waals surface area contributed by atoms with Gasteiger partial charge in [0.1, 0.15) is 0 Å². The Morgan fingerprint density at radius 2 is 2.11 bits per heavy atom. The zero-order valence-corrected chi connectivity index (χ0v) is 5.47. The Morgan fingerprint density at radius 1 is 1.22 bits per heavy atom. The van der Waals surface area contributed by atoms with Gasteiger partial charge in [0.05, 0.1) is 6.10 Å². The second kappa shape index (κ2) is 1.96. The van der Waals surface area contributed by atoms with Crippen LogP contribution < -0.4 is 5.90 Å². The average molecular weight is 126 g/mol. The highest BCUT2D eigenvalue weighted by molar-refractivity contribution is 4.90. The maximum Gasteiger partial charge on any atom is 0.0838 e. The van der Waals surface area contributed by atoms with Crippen LogP contribution in [0.1, 0.15) is 25.7 Å². The summed E-state index contributed by atoms with van der Waals surface area (Å²) in [7, 11) is 0. The molecule has 3 unspecified atom stereocenters. The summed E-state index contributed by atoms with van der Waals surface area (Å²) in [4.78, 5) is 4.60. The predicted molar refractivity (Wildman–Crippen MR) is 33.4 cm³/mol. The molecule has 2 nitrogen and oxygen atoms in total. The largest absolute Gasteiger partial charge is 0.281 e. The minimum Gasteiger partial charge on any atom is -0.281 e. The van der Waals surface area contributed by atoms with Crippen LogP contribution in [-0.2, 0) is 4.84 Å². The van der Waals surface area contributed by atoms with Crippen LogP contribution in [0.2, 0.25) is 0 Å². The lowest BCUT2D eigenvalue weighted by molar-refractivity contribution is 0.00183. The lowest BCUT2D eigenvalue weighted by Gasteiger charge is -2.17. The Bertz CT molecular complexity index is 115. The first-order chi connectivity index (χ1) is 4.40. The van der Waals surface area contributed by atoms with Crippen LogP contribution in [-0.4, -0.2) is 6.10 Å². The fourth-order valence-corrected chi connectivity index (χ4v) is 2.33. The molecule has 0 spiro atoms. The number of nitrogens with one attached hydrogen (secondary N) is 1. The molecule has 51 valence electrons. The molecule has 2 heteroatoms. The van der Waals surface area contributed by atoms with Crippen molar-refractivity contribution in [1.29, 1.82) is 0 Å². The Labute approximate surface area is 55.3 Å². The van der Waals surface area contributed by atoms with E-state index in [2.05, 4.69) is 4.84 Å². The summed E-state index contributed by atoms with van der Waals surface area (Å²) in [6.45, 7) is 0. The van der Waals surface area contributed by atoms with Crippen molar-refractivity contribution in [2.75, 3.05) is 0 Å². The highest BCUT2D eigenvalue weighted by Gasteiger charge is 2.40. The number of hydrogen-bond acceptors (Lipinski definition) is 1. The quantitative estimate of drug-likeness (QED) is 0.489. The summed E-state index contributed by atoms with van der Waals surface area (Å²) in [5.74, 6) is 8.41. The first kappa shape index (κ1) is 5.69. The molecular weight excluding hydrogens is 114 g/mol. The van der Waals surface area contributed by atoms with Crippen molar-refractivity contribution >= 4 is 0 Å². The van der Waals surface area contributed by atoms with Crippen LogP contribution in [0.3, 0.4) is 0 Å². The molecule has 2 bridgehead atoms. The molecule has 0 aromatic heterocycles. The number of fused-ring (bicyclic) bond motifs is 2. The zero-order valence-electron chi connectivity index (χ0n) is 5.47. The second-order valence-corrected chi connectivity index (χ2v) is 3.33. The van der Waals surface area contributed by atoms with Gasteiger partial charge in [0.25, 0.3) is 0 Å². The van der Waals surface area contributed by atoms with Crippen molar-refractivity contribution in [3.63, 3.8) is 0 Å². The van der Waals surface area contributed by atoms with Crippen LogP contribution in [0, 0.1) is 11.8 Å². The fourth-order valence-electron chi connectivity index (χ4n) is 2.33. The standard InChI is InChI=1S/C7H12NO/c8-9-7-4-5-1-2-6(7)3-5/h5-8H,1-4H2. The molecule has 0 aromatic rings. The molecule has 9 heavy (non-hydrogen) atoms. The van der Waals surface area contributed by atoms with Gasteiger partial charge in [-0.25, -0.2) is 0 Å². The summed E-state index contributed by atoms with van der Waals surface area (Å²) < 4.78 is 0. The molecule has 1 N–H and O–H groups in total. The Hall–Kier alpha value is -0.0800. The van der Waals surface area contributed by atoms with E-state index < -0.39 is 0 Å². The average Bonchev–Trinajstić information content (AvgIpc) is 2.45. The van der Waals surface area contributed by atoms with Gasteiger partial charge >= 0.3 is 0 Å². The van der Waals surface area contributed by atoms with Crippen molar-refractivity contribution in [3.05, 3.63) is 0 Å². The van der Waals surface area contributed by atoms with Gasteiger partial charge < -0.3 is 0 Å². The lowest BCUT2D eigenvalue weighted by atomic mass is 9.98. The van der Waals surface area contributed by atoms with E-state index in [9.17, 15) is 0 Å². The van der Waals surface area contributed by atoms with Crippen LogP contribution in [0.25, 0.3) is 0 Å². The minimum atomic E-state index is 0.295. The van der Waals surface area contributed by atoms with E-state index in [-0.39, 0.29) is 0 Å². The van der Waals surface area contributed by atoms with Gasteiger partial charge in [0.15, 0.2) is 0 Å². The summed E-state index contributed by atoms with van der Waals surface area (Å²) in [5.41, 5.74) is 0. The van der Waals surface area contributed by atoms with Gasteiger partial charge in [-0.1, -0.05) is 0 Å². The van der Waals surface area contributed by atoms with Gasteiger partial charge in [0.2, 0.25) is 0 Å². The molecule has 1 radical (unpaired) electrons. The van der Waals surface area contributed by atoms with E-state index in [1.807, 2.05) is 0 Å². The van der Waals surface area contributed by atoms with Crippen LogP contribution in [0.4, 0.5) is 0 Å². The van der Waals surface area contributed by atoms with Crippen molar-refractivity contribution < 1.29 is 4.84 Å². The maximum absolute atomic E-state index is 6.75. The topological polar surface area (TPSA) is 33.0 Å². The third kappa shape index (κ3) is 0.775. The zero-order chi connectivity index (χ0) is 6.27. The van der Waals surface area contributed by atoms with Crippen molar-refractivity contribution in [2.24, 2.45) is 11.8 Å². The molecule has 0 aliphatic heterocycles. The highest BCUT2D eigenvalue weighted by atomic mass is 16.6. The molecule has 2 rings (SSSR count). The van der Waals surface area contributed by atoms with Crippen LogP contribution in [0.15, 0.2) is 0 Å². The van der Waals surface area contributed by atoms with Gasteiger partial charge in [0, 0.05) is 0 Å². The summed E-state index contributed by atoms with van der Waals surface area (Å²) in [6.07, 6.45) is 5.50. The van der Waals surface area contributed by atoms with Gasteiger partial charge in [-0.15, -0.1) is 5.90 Å². The van der Waals surface area contributed by atoms with Gasteiger partial charge in [-0.05, 0) is 37.5 Å². The van der Waals surface area contributed by atoms with Crippen molar-refractivity contribution in [1.82, 2.24) is 5.90 Å². The fraction of sp³-hybridized carbons (Fsp3) is 1.00. The normalized spacial score (nSPS) is 48.3. The molecule has 0 amide bonds. The van der Waals surface area contributed by atoms with E-state index in [0.717, 1.165) is 18.3 Å². The molecule has 0 heterocycles.